The fourth-order valence-corrected chi connectivity index (χ4v) is 5.41. The van der Waals surface area contributed by atoms with Gasteiger partial charge in [-0.1, -0.05) is 60.7 Å². The number of anilines is 1. The van der Waals surface area contributed by atoms with Gasteiger partial charge in [0.2, 0.25) is 5.91 Å². The molecule has 1 aliphatic heterocycles. The Bertz CT molecular complexity index is 1210. The number of benzene rings is 3. The van der Waals surface area contributed by atoms with Gasteiger partial charge in [-0.05, 0) is 69.0 Å². The van der Waals surface area contributed by atoms with E-state index in [1.807, 2.05) is 98.5 Å². The van der Waals surface area contributed by atoms with Gasteiger partial charge in [0, 0.05) is 10.6 Å². The number of carbonyl (C=O) groups is 3. The summed E-state index contributed by atoms with van der Waals surface area (Å²) in [5, 5.41) is 5.50. The lowest BCUT2D eigenvalue weighted by Gasteiger charge is -2.31. The van der Waals surface area contributed by atoms with Crippen LogP contribution in [-0.2, 0) is 14.3 Å². The second kappa shape index (κ2) is 12.8. The van der Waals surface area contributed by atoms with Gasteiger partial charge in [0.15, 0.2) is 0 Å². The Morgan fingerprint density at radius 2 is 1.38 bits per heavy atom. The smallest absolute Gasteiger partial charge is 0.319 e. The minimum atomic E-state index is -0.514. The topological polar surface area (TPSA) is 87.7 Å². The van der Waals surface area contributed by atoms with Crippen LogP contribution in [0, 0.1) is 0 Å². The van der Waals surface area contributed by atoms with Gasteiger partial charge in [0.05, 0.1) is 24.4 Å². The number of hydrogen-bond donors (Lipinski definition) is 2. The van der Waals surface area contributed by atoms with Crippen LogP contribution < -0.4 is 10.6 Å². The molecule has 3 aromatic rings. The van der Waals surface area contributed by atoms with Crippen LogP contribution in [0.25, 0.3) is 0 Å². The molecule has 2 atom stereocenters. The zero-order chi connectivity index (χ0) is 27.8. The molecule has 8 heteroatoms. The van der Waals surface area contributed by atoms with Gasteiger partial charge in [0.1, 0.15) is 5.60 Å². The molecule has 0 saturated carbocycles. The minimum Gasteiger partial charge on any atom is -0.459 e. The minimum absolute atomic E-state index is 0.0421. The SMILES string of the molecule is CC(C)(C)OC(=O)CSc1ccc(NC(=O)NCC(=O)N2[C@@H](c3ccccc3)CC[C@H]2c2ccccc2)cc1. The number of nitrogens with one attached hydrogen (secondary N) is 2. The van der Waals surface area contributed by atoms with Crippen molar-refractivity contribution in [2.24, 2.45) is 0 Å². The first-order chi connectivity index (χ1) is 18.7. The van der Waals surface area contributed by atoms with E-state index in [0.717, 1.165) is 28.9 Å². The van der Waals surface area contributed by atoms with Crippen LogP contribution in [0.5, 0.6) is 0 Å². The van der Waals surface area contributed by atoms with Gasteiger partial charge in [0.25, 0.3) is 0 Å². The number of urea groups is 1. The van der Waals surface area contributed by atoms with Crippen molar-refractivity contribution >= 4 is 35.4 Å². The molecule has 1 fully saturated rings. The van der Waals surface area contributed by atoms with Crippen LogP contribution in [-0.4, -0.2) is 40.7 Å². The Morgan fingerprint density at radius 3 is 1.90 bits per heavy atom. The van der Waals surface area contributed by atoms with Crippen LogP contribution >= 0.6 is 11.8 Å². The third-order valence-corrected chi connectivity index (χ3v) is 7.32. The molecule has 39 heavy (non-hydrogen) atoms. The molecule has 204 valence electrons. The predicted molar refractivity (Wildman–Crippen MR) is 154 cm³/mol. The molecule has 1 aliphatic rings. The number of hydrogen-bond acceptors (Lipinski definition) is 5. The van der Waals surface area contributed by atoms with Crippen LogP contribution in [0.4, 0.5) is 10.5 Å². The van der Waals surface area contributed by atoms with Gasteiger partial charge >= 0.3 is 12.0 Å². The number of nitrogens with zero attached hydrogens (tertiary/aromatic N) is 1. The van der Waals surface area contributed by atoms with Crippen molar-refractivity contribution in [2.75, 3.05) is 17.6 Å². The zero-order valence-corrected chi connectivity index (χ0v) is 23.4. The summed E-state index contributed by atoms with van der Waals surface area (Å²) < 4.78 is 5.33. The summed E-state index contributed by atoms with van der Waals surface area (Å²) in [5.74, 6) is -0.197. The molecule has 0 spiro atoms. The van der Waals surface area contributed by atoms with Gasteiger partial charge in [-0.15, -0.1) is 11.8 Å². The lowest BCUT2D eigenvalue weighted by atomic mass is 10.0. The number of esters is 1. The van der Waals surface area contributed by atoms with E-state index in [2.05, 4.69) is 10.6 Å². The summed E-state index contributed by atoms with van der Waals surface area (Å²) in [7, 11) is 0. The molecule has 0 unspecified atom stereocenters. The molecule has 0 bridgehead atoms. The second-order valence-electron chi connectivity index (χ2n) is 10.4. The fourth-order valence-electron chi connectivity index (χ4n) is 4.73. The summed E-state index contributed by atoms with van der Waals surface area (Å²) in [5.41, 5.74) is 2.27. The molecule has 3 amide bonds. The van der Waals surface area contributed by atoms with E-state index in [-0.39, 0.29) is 36.3 Å². The van der Waals surface area contributed by atoms with E-state index in [4.69, 9.17) is 4.74 Å². The third kappa shape index (κ3) is 8.10. The number of carbonyl (C=O) groups excluding carboxylic acids is 3. The first-order valence-corrected chi connectivity index (χ1v) is 14.1. The molecule has 2 N–H and O–H groups in total. The largest absolute Gasteiger partial charge is 0.459 e. The first-order valence-electron chi connectivity index (χ1n) is 13.1. The molecular formula is C31H35N3O4S. The van der Waals surface area contributed by atoms with Gasteiger partial charge in [-0.3, -0.25) is 9.59 Å². The second-order valence-corrected chi connectivity index (χ2v) is 11.5. The van der Waals surface area contributed by atoms with E-state index >= 15 is 0 Å². The van der Waals surface area contributed by atoms with Gasteiger partial charge in [-0.25, -0.2) is 4.79 Å². The van der Waals surface area contributed by atoms with Crippen LogP contribution in [0.1, 0.15) is 56.8 Å². The van der Waals surface area contributed by atoms with E-state index < -0.39 is 11.6 Å². The molecule has 1 heterocycles. The van der Waals surface area contributed by atoms with Crippen molar-refractivity contribution in [3.05, 3.63) is 96.1 Å². The molecule has 0 radical (unpaired) electrons. The first kappa shape index (κ1) is 28.2. The third-order valence-electron chi connectivity index (χ3n) is 6.33. The highest BCUT2D eigenvalue weighted by atomic mass is 32.2. The average molecular weight is 546 g/mol. The Kier molecular flexibility index (Phi) is 9.30. The van der Waals surface area contributed by atoms with Crippen molar-refractivity contribution in [1.82, 2.24) is 10.2 Å². The van der Waals surface area contributed by atoms with Crippen molar-refractivity contribution in [1.29, 1.82) is 0 Å². The Morgan fingerprint density at radius 1 is 0.846 bits per heavy atom. The summed E-state index contributed by atoms with van der Waals surface area (Å²) in [6.45, 7) is 5.40. The maximum Gasteiger partial charge on any atom is 0.319 e. The standard InChI is InChI=1S/C31H35N3O4S/c1-31(2,3)38-29(36)21-39-25-16-14-24(15-17-25)33-30(37)32-20-28(35)34-26(22-10-6-4-7-11-22)18-19-27(34)23-12-8-5-9-13-23/h4-17,26-27H,18-21H2,1-3H3,(H2,32,33,37)/t26-,27+. The highest BCUT2D eigenvalue weighted by Crippen LogP contribution is 2.43. The molecule has 4 rings (SSSR count). The lowest BCUT2D eigenvalue weighted by molar-refractivity contribution is -0.151. The predicted octanol–water partition coefficient (Wildman–Crippen LogP) is 6.35. The summed E-state index contributed by atoms with van der Waals surface area (Å²) in [4.78, 5) is 40.8. The van der Waals surface area contributed by atoms with Gasteiger partial charge < -0.3 is 20.3 Å². The van der Waals surface area contributed by atoms with E-state index in [9.17, 15) is 14.4 Å². The average Bonchev–Trinajstić information content (AvgIpc) is 3.37. The van der Waals surface area contributed by atoms with Crippen molar-refractivity contribution in [2.45, 2.75) is 56.2 Å². The van der Waals surface area contributed by atoms with Crippen molar-refractivity contribution < 1.29 is 19.1 Å². The van der Waals surface area contributed by atoms with E-state index in [1.165, 1.54) is 11.8 Å². The van der Waals surface area contributed by atoms with E-state index in [1.54, 1.807) is 12.1 Å². The maximum atomic E-state index is 13.5. The Labute approximate surface area is 234 Å². The summed E-state index contributed by atoms with van der Waals surface area (Å²) >= 11 is 1.37. The number of thioether (sulfide) groups is 1. The van der Waals surface area contributed by atoms with E-state index in [0.29, 0.717) is 5.69 Å². The van der Waals surface area contributed by atoms with Crippen LogP contribution in [0.2, 0.25) is 0 Å². The summed E-state index contributed by atoms with van der Waals surface area (Å²) in [6.07, 6.45) is 1.72. The molecular weight excluding hydrogens is 510 g/mol. The molecule has 1 saturated heterocycles. The summed E-state index contributed by atoms with van der Waals surface area (Å²) in [6, 6.07) is 26.7. The van der Waals surface area contributed by atoms with Gasteiger partial charge in [-0.2, -0.15) is 0 Å². The monoisotopic (exact) mass is 545 g/mol. The normalized spacial score (nSPS) is 16.9. The molecule has 0 aliphatic carbocycles. The highest BCUT2D eigenvalue weighted by Gasteiger charge is 2.38. The molecule has 0 aromatic heterocycles. The quantitative estimate of drug-likeness (QED) is 0.255. The van der Waals surface area contributed by atoms with Crippen molar-refractivity contribution in [3.63, 3.8) is 0 Å². The van der Waals surface area contributed by atoms with Crippen LogP contribution in [0.3, 0.4) is 0 Å². The number of ether oxygens (including phenoxy) is 1. The highest BCUT2D eigenvalue weighted by molar-refractivity contribution is 8.00. The Balaban J connectivity index is 1.33. The number of rotatable bonds is 8. The molecule has 3 aromatic carbocycles. The zero-order valence-electron chi connectivity index (χ0n) is 22.6. The number of amides is 3. The van der Waals surface area contributed by atoms with Crippen LogP contribution in [0.15, 0.2) is 89.8 Å². The molecule has 7 nitrogen and oxygen atoms in total. The Hall–Kier alpha value is -3.78. The fraction of sp³-hybridized carbons (Fsp3) is 0.323. The van der Waals surface area contributed by atoms with Crippen molar-refractivity contribution in [3.8, 4) is 0 Å². The number of likely N-dealkylation sites (tertiary alicyclic amines) is 1. The lowest BCUT2D eigenvalue weighted by Crippen LogP contribution is -2.42. The maximum absolute atomic E-state index is 13.5.